The van der Waals surface area contributed by atoms with Gasteiger partial charge in [-0.1, -0.05) is 48.5 Å². The molecule has 0 radical (unpaired) electrons. The molecule has 142 valence electrons. The molecular weight excluding hydrogens is 334 g/mol. The van der Waals surface area contributed by atoms with Gasteiger partial charge in [0.05, 0.1) is 6.54 Å². The molecule has 0 atom stereocenters. The summed E-state index contributed by atoms with van der Waals surface area (Å²) >= 11 is 0. The molecule has 0 bridgehead atoms. The van der Waals surface area contributed by atoms with E-state index in [-0.39, 0.29) is 5.91 Å². The lowest BCUT2D eigenvalue weighted by Crippen LogP contribution is -3.28. The Hall–Kier alpha value is -2.43. The summed E-state index contributed by atoms with van der Waals surface area (Å²) in [4.78, 5) is 15.4. The molecule has 0 aliphatic carbocycles. The fourth-order valence-electron chi connectivity index (χ4n) is 3.57. The molecule has 1 saturated heterocycles. The Morgan fingerprint density at radius 2 is 1.67 bits per heavy atom. The van der Waals surface area contributed by atoms with Crippen LogP contribution in [0.15, 0.2) is 54.6 Å². The van der Waals surface area contributed by atoms with Crippen LogP contribution in [0.3, 0.4) is 0 Å². The maximum atomic E-state index is 12.4. The van der Waals surface area contributed by atoms with Crippen molar-refractivity contribution in [2.75, 3.05) is 44.6 Å². The fraction of sp³-hybridized carbons (Fsp3) is 0.348. The van der Waals surface area contributed by atoms with Crippen molar-refractivity contribution in [1.29, 1.82) is 0 Å². The molecule has 0 spiro atoms. The van der Waals surface area contributed by atoms with Gasteiger partial charge in [0.1, 0.15) is 26.2 Å². The number of carbonyl (C=O) groups excluding carboxylic acids is 1. The van der Waals surface area contributed by atoms with E-state index < -0.39 is 0 Å². The van der Waals surface area contributed by atoms with Gasteiger partial charge in [0.2, 0.25) is 0 Å². The van der Waals surface area contributed by atoms with Crippen LogP contribution in [-0.4, -0.2) is 45.2 Å². The van der Waals surface area contributed by atoms with Gasteiger partial charge in [0.25, 0.3) is 5.91 Å². The van der Waals surface area contributed by atoms with Crippen LogP contribution in [0.4, 0.5) is 5.69 Å². The lowest BCUT2D eigenvalue weighted by Gasteiger charge is -2.28. The van der Waals surface area contributed by atoms with Gasteiger partial charge < -0.3 is 15.1 Å². The second-order valence-electron chi connectivity index (χ2n) is 7.49. The van der Waals surface area contributed by atoms with Crippen molar-refractivity contribution in [3.8, 4) is 0 Å². The van der Waals surface area contributed by atoms with E-state index in [2.05, 4.69) is 61.6 Å². The van der Waals surface area contributed by atoms with Crippen molar-refractivity contribution in [3.63, 3.8) is 0 Å². The molecule has 0 saturated carbocycles. The first-order chi connectivity index (χ1) is 13.1. The summed E-state index contributed by atoms with van der Waals surface area (Å²) in [6.07, 6.45) is 4.47. The molecule has 2 aromatic rings. The normalized spacial score (nSPS) is 19.9. The maximum absolute atomic E-state index is 12.4. The molecule has 1 heterocycles. The molecule has 1 amide bonds. The SMILES string of the molecule is Cc1cccc(NC(=O)C[NH+]2CC[NH+](C/C=C/c3ccccc3)CC2)c1C. The first-order valence-electron chi connectivity index (χ1n) is 9.86. The summed E-state index contributed by atoms with van der Waals surface area (Å²) in [6.45, 7) is 10.1. The highest BCUT2D eigenvalue weighted by atomic mass is 16.2. The molecule has 3 rings (SSSR count). The van der Waals surface area contributed by atoms with E-state index in [9.17, 15) is 4.79 Å². The molecule has 1 aliphatic rings. The van der Waals surface area contributed by atoms with Gasteiger partial charge in [0.15, 0.2) is 6.54 Å². The Labute approximate surface area is 162 Å². The highest BCUT2D eigenvalue weighted by Gasteiger charge is 2.24. The van der Waals surface area contributed by atoms with Crippen LogP contribution in [0.5, 0.6) is 0 Å². The number of carbonyl (C=O) groups is 1. The molecule has 0 unspecified atom stereocenters. The van der Waals surface area contributed by atoms with E-state index in [4.69, 9.17) is 0 Å². The Bertz CT molecular complexity index is 777. The average molecular weight is 366 g/mol. The largest absolute Gasteiger partial charge is 0.322 e. The predicted octanol–water partition coefficient (Wildman–Crippen LogP) is 0.739. The Kier molecular flexibility index (Phi) is 6.80. The van der Waals surface area contributed by atoms with E-state index in [0.717, 1.165) is 44.0 Å². The lowest BCUT2D eigenvalue weighted by atomic mass is 10.1. The molecule has 2 aromatic carbocycles. The van der Waals surface area contributed by atoms with Gasteiger partial charge in [-0.05, 0) is 42.7 Å². The third-order valence-corrected chi connectivity index (χ3v) is 5.47. The standard InChI is InChI=1S/C23H29N3O/c1-19-8-6-12-22(20(19)2)24-23(27)18-26-16-14-25(15-17-26)13-7-11-21-9-4-3-5-10-21/h3-12H,13-18H2,1-2H3,(H,24,27)/p+2/b11-7+. The van der Waals surface area contributed by atoms with E-state index >= 15 is 0 Å². The number of anilines is 1. The van der Waals surface area contributed by atoms with Gasteiger partial charge >= 0.3 is 0 Å². The topological polar surface area (TPSA) is 38.0 Å². The Morgan fingerprint density at radius 1 is 0.963 bits per heavy atom. The monoisotopic (exact) mass is 365 g/mol. The number of hydrogen-bond acceptors (Lipinski definition) is 1. The zero-order valence-electron chi connectivity index (χ0n) is 16.4. The predicted molar refractivity (Wildman–Crippen MR) is 111 cm³/mol. The van der Waals surface area contributed by atoms with Crippen molar-refractivity contribution < 1.29 is 14.6 Å². The van der Waals surface area contributed by atoms with Crippen molar-refractivity contribution >= 4 is 17.7 Å². The van der Waals surface area contributed by atoms with Crippen LogP contribution >= 0.6 is 0 Å². The van der Waals surface area contributed by atoms with Gasteiger partial charge in [-0.3, -0.25) is 4.79 Å². The minimum Gasteiger partial charge on any atom is -0.322 e. The summed E-state index contributed by atoms with van der Waals surface area (Å²) in [5.74, 6) is 0.117. The first-order valence-corrected chi connectivity index (χ1v) is 9.86. The molecule has 0 aromatic heterocycles. The lowest BCUT2D eigenvalue weighted by molar-refractivity contribution is -1.01. The Morgan fingerprint density at radius 3 is 2.41 bits per heavy atom. The number of amides is 1. The highest BCUT2D eigenvalue weighted by molar-refractivity contribution is 5.92. The third-order valence-electron chi connectivity index (χ3n) is 5.47. The minimum absolute atomic E-state index is 0.117. The summed E-state index contributed by atoms with van der Waals surface area (Å²) in [5, 5.41) is 3.08. The van der Waals surface area contributed by atoms with Crippen molar-refractivity contribution in [3.05, 3.63) is 71.3 Å². The zero-order valence-corrected chi connectivity index (χ0v) is 16.4. The molecule has 27 heavy (non-hydrogen) atoms. The van der Waals surface area contributed by atoms with E-state index in [1.807, 2.05) is 18.2 Å². The van der Waals surface area contributed by atoms with Crippen LogP contribution < -0.4 is 15.1 Å². The van der Waals surface area contributed by atoms with Gasteiger partial charge in [-0.2, -0.15) is 0 Å². The molecular formula is C23H31N3O+2. The summed E-state index contributed by atoms with van der Waals surface area (Å²) in [7, 11) is 0. The quantitative estimate of drug-likeness (QED) is 0.694. The van der Waals surface area contributed by atoms with E-state index in [0.29, 0.717) is 6.54 Å². The summed E-state index contributed by atoms with van der Waals surface area (Å²) in [5.41, 5.74) is 4.56. The van der Waals surface area contributed by atoms with Crippen LogP contribution in [-0.2, 0) is 4.79 Å². The number of rotatable bonds is 6. The van der Waals surface area contributed by atoms with Crippen molar-refractivity contribution in [1.82, 2.24) is 0 Å². The number of nitrogens with one attached hydrogen (secondary N) is 3. The smallest absolute Gasteiger partial charge is 0.279 e. The second-order valence-corrected chi connectivity index (χ2v) is 7.49. The van der Waals surface area contributed by atoms with E-state index in [1.165, 1.54) is 16.0 Å². The van der Waals surface area contributed by atoms with Gasteiger partial charge in [-0.15, -0.1) is 0 Å². The van der Waals surface area contributed by atoms with Crippen LogP contribution in [0, 0.1) is 13.8 Å². The average Bonchev–Trinajstić information content (AvgIpc) is 2.68. The number of aryl methyl sites for hydroxylation is 1. The second kappa shape index (κ2) is 9.49. The Balaban J connectivity index is 1.40. The molecule has 3 N–H and O–H groups in total. The van der Waals surface area contributed by atoms with Crippen LogP contribution in [0.25, 0.3) is 6.08 Å². The number of piperazine rings is 1. The van der Waals surface area contributed by atoms with Gasteiger partial charge in [-0.25, -0.2) is 0 Å². The molecule has 1 fully saturated rings. The van der Waals surface area contributed by atoms with Crippen LogP contribution in [0.2, 0.25) is 0 Å². The van der Waals surface area contributed by atoms with Crippen molar-refractivity contribution in [2.45, 2.75) is 13.8 Å². The number of hydrogen-bond donors (Lipinski definition) is 3. The zero-order chi connectivity index (χ0) is 19.1. The van der Waals surface area contributed by atoms with Crippen molar-refractivity contribution in [2.24, 2.45) is 0 Å². The third kappa shape index (κ3) is 5.78. The molecule has 4 heteroatoms. The molecule has 1 aliphatic heterocycles. The minimum atomic E-state index is 0.117. The van der Waals surface area contributed by atoms with Gasteiger partial charge in [0, 0.05) is 5.69 Å². The number of quaternary nitrogens is 2. The summed E-state index contributed by atoms with van der Waals surface area (Å²) in [6, 6.07) is 16.5. The maximum Gasteiger partial charge on any atom is 0.279 e. The first kappa shape index (κ1) is 19.3. The highest BCUT2D eigenvalue weighted by Crippen LogP contribution is 2.17. The number of benzene rings is 2. The fourth-order valence-corrected chi connectivity index (χ4v) is 3.57. The summed E-state index contributed by atoms with van der Waals surface area (Å²) < 4.78 is 0. The molecule has 4 nitrogen and oxygen atoms in total. The van der Waals surface area contributed by atoms with Crippen LogP contribution in [0.1, 0.15) is 16.7 Å². The van der Waals surface area contributed by atoms with E-state index in [1.54, 1.807) is 4.90 Å².